The Bertz CT molecular complexity index is 523. The lowest BCUT2D eigenvalue weighted by atomic mass is 10.0. The Kier molecular flexibility index (Phi) is 6.81. The predicted molar refractivity (Wildman–Crippen MR) is 89.2 cm³/mol. The van der Waals surface area contributed by atoms with Gasteiger partial charge < -0.3 is 15.0 Å². The van der Waals surface area contributed by atoms with Gasteiger partial charge in [-0.1, -0.05) is 12.1 Å². The maximum absolute atomic E-state index is 13.5. The fourth-order valence-corrected chi connectivity index (χ4v) is 3.31. The average molecular weight is 343 g/mol. The van der Waals surface area contributed by atoms with Crippen LogP contribution in [0.2, 0.25) is 0 Å². The van der Waals surface area contributed by atoms with Crippen molar-refractivity contribution in [3.05, 3.63) is 35.6 Å². The Morgan fingerprint density at radius 2 is 2.30 bits per heavy atom. The highest BCUT2D eigenvalue weighted by Crippen LogP contribution is 2.25. The van der Waals surface area contributed by atoms with E-state index in [1.807, 2.05) is 11.0 Å². The molecule has 0 aliphatic carbocycles. The third kappa shape index (κ3) is 4.66. The second-order valence-electron chi connectivity index (χ2n) is 6.04. The van der Waals surface area contributed by atoms with Crippen molar-refractivity contribution in [3.63, 3.8) is 0 Å². The highest BCUT2D eigenvalue weighted by molar-refractivity contribution is 5.85. The van der Waals surface area contributed by atoms with Gasteiger partial charge in [-0.2, -0.15) is 0 Å². The first-order valence-electron chi connectivity index (χ1n) is 8.11. The van der Waals surface area contributed by atoms with Gasteiger partial charge in [-0.25, -0.2) is 4.39 Å². The number of carbonyl (C=O) groups excluding carboxylic acids is 1. The number of ether oxygens (including phenoxy) is 1. The number of amides is 1. The van der Waals surface area contributed by atoms with E-state index >= 15 is 0 Å². The van der Waals surface area contributed by atoms with E-state index in [0.29, 0.717) is 19.5 Å². The predicted octanol–water partition coefficient (Wildman–Crippen LogP) is 2.68. The molecule has 128 valence electrons. The number of nitrogens with zero attached hydrogens (tertiary/aromatic N) is 1. The summed E-state index contributed by atoms with van der Waals surface area (Å²) in [7, 11) is 0. The Morgan fingerprint density at radius 1 is 1.43 bits per heavy atom. The van der Waals surface area contributed by atoms with Gasteiger partial charge >= 0.3 is 0 Å². The van der Waals surface area contributed by atoms with Crippen molar-refractivity contribution in [2.24, 2.45) is 0 Å². The highest BCUT2D eigenvalue weighted by atomic mass is 35.5. The van der Waals surface area contributed by atoms with Crippen LogP contribution < -0.4 is 5.32 Å². The summed E-state index contributed by atoms with van der Waals surface area (Å²) in [5.41, 5.74) is 0.859. The Hall–Kier alpha value is -1.17. The molecule has 2 atom stereocenters. The average Bonchev–Trinajstić information content (AvgIpc) is 3.06. The van der Waals surface area contributed by atoms with Crippen LogP contribution in [0.4, 0.5) is 4.39 Å². The molecular weight excluding hydrogens is 319 g/mol. The second kappa shape index (κ2) is 8.62. The number of halogens is 2. The topological polar surface area (TPSA) is 41.6 Å². The second-order valence-corrected chi connectivity index (χ2v) is 6.04. The van der Waals surface area contributed by atoms with Gasteiger partial charge in [0.25, 0.3) is 0 Å². The molecule has 0 bridgehead atoms. The molecule has 0 spiro atoms. The molecule has 1 N–H and O–H groups in total. The Balaban J connectivity index is 0.00000192. The van der Waals surface area contributed by atoms with E-state index < -0.39 is 0 Å². The van der Waals surface area contributed by atoms with Gasteiger partial charge in [-0.05, 0) is 37.0 Å². The molecule has 1 aromatic rings. The van der Waals surface area contributed by atoms with Crippen LogP contribution in [0.5, 0.6) is 0 Å². The molecule has 23 heavy (non-hydrogen) atoms. The third-order valence-electron chi connectivity index (χ3n) is 4.50. The zero-order valence-corrected chi connectivity index (χ0v) is 14.0. The molecular formula is C17H24ClFN2O2. The van der Waals surface area contributed by atoms with E-state index in [0.717, 1.165) is 38.0 Å². The summed E-state index contributed by atoms with van der Waals surface area (Å²) in [6.07, 6.45) is 3.69. The van der Waals surface area contributed by atoms with Gasteiger partial charge in [0.15, 0.2) is 0 Å². The summed E-state index contributed by atoms with van der Waals surface area (Å²) in [4.78, 5) is 14.5. The van der Waals surface area contributed by atoms with Gasteiger partial charge in [0.1, 0.15) is 5.82 Å². The molecule has 6 heteroatoms. The Labute approximate surface area is 142 Å². The van der Waals surface area contributed by atoms with Gasteiger partial charge in [0, 0.05) is 32.7 Å². The maximum atomic E-state index is 13.5. The summed E-state index contributed by atoms with van der Waals surface area (Å²) in [6.45, 7) is 2.95. The SMILES string of the molecule is Cl.O=C(CCC1CCCO1)N1CCNCC1c1cccc(F)c1. The molecule has 1 aromatic carbocycles. The normalized spacial score (nSPS) is 24.3. The Morgan fingerprint density at radius 3 is 3.04 bits per heavy atom. The van der Waals surface area contributed by atoms with Crippen LogP contribution in [0, 0.1) is 5.82 Å². The molecule has 3 rings (SSSR count). The highest BCUT2D eigenvalue weighted by Gasteiger charge is 2.28. The van der Waals surface area contributed by atoms with Crippen molar-refractivity contribution < 1.29 is 13.9 Å². The van der Waals surface area contributed by atoms with Crippen LogP contribution in [0.3, 0.4) is 0 Å². The number of rotatable bonds is 4. The zero-order chi connectivity index (χ0) is 15.4. The van der Waals surface area contributed by atoms with Crippen LogP contribution in [-0.2, 0) is 9.53 Å². The lowest BCUT2D eigenvalue weighted by molar-refractivity contribution is -0.135. The van der Waals surface area contributed by atoms with Gasteiger partial charge in [0.05, 0.1) is 12.1 Å². The molecule has 0 radical (unpaired) electrons. The van der Waals surface area contributed by atoms with E-state index in [-0.39, 0.29) is 36.3 Å². The third-order valence-corrected chi connectivity index (χ3v) is 4.50. The molecule has 0 saturated carbocycles. The van der Waals surface area contributed by atoms with E-state index in [9.17, 15) is 9.18 Å². The number of benzene rings is 1. The molecule has 0 aromatic heterocycles. The van der Waals surface area contributed by atoms with Crippen LogP contribution in [0.1, 0.15) is 37.3 Å². The first-order chi connectivity index (χ1) is 10.7. The van der Waals surface area contributed by atoms with Gasteiger partial charge in [-0.15, -0.1) is 12.4 Å². The maximum Gasteiger partial charge on any atom is 0.223 e. The molecule has 2 heterocycles. The lowest BCUT2D eigenvalue weighted by Gasteiger charge is -2.37. The number of carbonyl (C=O) groups is 1. The van der Waals surface area contributed by atoms with Crippen LogP contribution in [0.15, 0.2) is 24.3 Å². The minimum absolute atomic E-state index is 0. The standard InChI is InChI=1S/C17H23FN2O2.ClH/c18-14-4-1-3-13(11-14)16-12-19-8-9-20(16)17(21)7-6-15-5-2-10-22-15;/h1,3-4,11,15-16,19H,2,5-10,12H2;1H. The summed E-state index contributed by atoms with van der Waals surface area (Å²) in [6, 6.07) is 6.47. The quantitative estimate of drug-likeness (QED) is 0.914. The molecule has 2 aliphatic heterocycles. The van der Waals surface area contributed by atoms with Crippen molar-refractivity contribution in [2.45, 2.75) is 37.8 Å². The van der Waals surface area contributed by atoms with E-state index in [1.165, 1.54) is 12.1 Å². The molecule has 2 saturated heterocycles. The van der Waals surface area contributed by atoms with E-state index in [4.69, 9.17) is 4.74 Å². The smallest absolute Gasteiger partial charge is 0.223 e. The summed E-state index contributed by atoms with van der Waals surface area (Å²) in [5.74, 6) is -0.110. The zero-order valence-electron chi connectivity index (χ0n) is 13.2. The fraction of sp³-hybridized carbons (Fsp3) is 0.588. The molecule has 2 fully saturated rings. The van der Waals surface area contributed by atoms with E-state index in [2.05, 4.69) is 5.32 Å². The van der Waals surface area contributed by atoms with Gasteiger partial charge in [0.2, 0.25) is 5.91 Å². The van der Waals surface area contributed by atoms with Crippen molar-refractivity contribution in [2.75, 3.05) is 26.2 Å². The first kappa shape index (κ1) is 18.2. The number of piperazine rings is 1. The molecule has 4 nitrogen and oxygen atoms in total. The van der Waals surface area contributed by atoms with Gasteiger partial charge in [-0.3, -0.25) is 4.79 Å². The van der Waals surface area contributed by atoms with Crippen molar-refractivity contribution in [3.8, 4) is 0 Å². The van der Waals surface area contributed by atoms with Crippen LogP contribution in [-0.4, -0.2) is 43.2 Å². The van der Waals surface area contributed by atoms with Crippen molar-refractivity contribution in [1.29, 1.82) is 0 Å². The monoisotopic (exact) mass is 342 g/mol. The number of hydrogen-bond acceptors (Lipinski definition) is 3. The number of hydrogen-bond donors (Lipinski definition) is 1. The summed E-state index contributed by atoms with van der Waals surface area (Å²) >= 11 is 0. The molecule has 2 unspecified atom stereocenters. The molecule has 2 aliphatic rings. The minimum Gasteiger partial charge on any atom is -0.378 e. The fourth-order valence-electron chi connectivity index (χ4n) is 3.31. The minimum atomic E-state index is -0.255. The summed E-state index contributed by atoms with van der Waals surface area (Å²) in [5, 5.41) is 3.29. The van der Waals surface area contributed by atoms with Crippen LogP contribution >= 0.6 is 12.4 Å². The summed E-state index contributed by atoms with van der Waals surface area (Å²) < 4.78 is 19.0. The van der Waals surface area contributed by atoms with E-state index in [1.54, 1.807) is 6.07 Å². The van der Waals surface area contributed by atoms with Crippen molar-refractivity contribution in [1.82, 2.24) is 10.2 Å². The first-order valence-corrected chi connectivity index (χ1v) is 8.11. The van der Waals surface area contributed by atoms with Crippen LogP contribution in [0.25, 0.3) is 0 Å². The lowest BCUT2D eigenvalue weighted by Crippen LogP contribution is -2.48. The largest absolute Gasteiger partial charge is 0.378 e. The molecule has 1 amide bonds. The van der Waals surface area contributed by atoms with Crippen molar-refractivity contribution >= 4 is 18.3 Å². The number of nitrogens with one attached hydrogen (secondary N) is 1.